The normalized spacial score (nSPS) is 23.8. The van der Waals surface area contributed by atoms with Gasteiger partial charge in [-0.1, -0.05) is 54.1 Å². The number of nitro benzene ring substituents is 1. The highest BCUT2D eigenvalue weighted by atomic mass is 19.1. The summed E-state index contributed by atoms with van der Waals surface area (Å²) >= 11 is 0. The first-order valence-electron chi connectivity index (χ1n) is 13.9. The van der Waals surface area contributed by atoms with Gasteiger partial charge in [0, 0.05) is 18.1 Å². The SMILES string of the molecule is CC1=C2[C@@H](CC/C(=C/c3ccc(O)c(F)c3)c3ccccc3)OC[C@@H]2[C@@H]2C(=O)N(c3cccc([N+](=O)[O-])c3)C(=O)[C@@H]2C1. The van der Waals surface area contributed by atoms with Crippen molar-refractivity contribution in [2.45, 2.75) is 32.3 Å². The number of nitrogens with zero attached hydrogens (tertiary/aromatic N) is 2. The van der Waals surface area contributed by atoms with E-state index in [0.717, 1.165) is 27.2 Å². The van der Waals surface area contributed by atoms with Crippen molar-refractivity contribution in [3.05, 3.63) is 111 Å². The molecule has 3 aromatic carbocycles. The summed E-state index contributed by atoms with van der Waals surface area (Å²) in [4.78, 5) is 39.0. The van der Waals surface area contributed by atoms with Crippen molar-refractivity contribution in [1.82, 2.24) is 0 Å². The second-order valence-electron chi connectivity index (χ2n) is 11.1. The maximum absolute atomic E-state index is 14.1. The average molecular weight is 569 g/mol. The third-order valence-corrected chi connectivity index (χ3v) is 8.58. The zero-order valence-electron chi connectivity index (χ0n) is 22.9. The number of nitro groups is 1. The molecule has 2 saturated heterocycles. The standard InChI is InChI=1S/C33H29FN2O6/c1-19-14-25-31(33(39)35(32(25)38)23-8-5-9-24(17-23)36(40)41)26-18-42-29(30(19)26)13-11-22(21-6-3-2-4-7-21)15-20-10-12-28(37)27(34)16-20/h2-10,12,15-17,25-26,29,31,37H,11,13-14,18H2,1H3/b22-15-/t25-,26+,29-,31-/m1/s1. The number of hydrogen-bond acceptors (Lipinski definition) is 6. The zero-order valence-corrected chi connectivity index (χ0v) is 22.9. The summed E-state index contributed by atoms with van der Waals surface area (Å²) < 4.78 is 20.3. The third kappa shape index (κ3) is 4.90. The topological polar surface area (TPSA) is 110 Å². The first kappa shape index (κ1) is 27.5. The summed E-state index contributed by atoms with van der Waals surface area (Å²) in [5, 5.41) is 20.9. The van der Waals surface area contributed by atoms with Crippen LogP contribution >= 0.6 is 0 Å². The number of carbonyl (C=O) groups is 2. The van der Waals surface area contributed by atoms with Crippen molar-refractivity contribution in [3.63, 3.8) is 0 Å². The number of ether oxygens (including phenoxy) is 1. The van der Waals surface area contributed by atoms with E-state index in [0.29, 0.717) is 31.4 Å². The number of carbonyl (C=O) groups excluding carboxylic acids is 2. The summed E-state index contributed by atoms with van der Waals surface area (Å²) in [6, 6.07) is 19.7. The van der Waals surface area contributed by atoms with Crippen LogP contribution in [0, 0.1) is 33.7 Å². The number of rotatable bonds is 7. The summed E-state index contributed by atoms with van der Waals surface area (Å²) in [6.07, 6.45) is 3.33. The minimum absolute atomic E-state index is 0.181. The third-order valence-electron chi connectivity index (χ3n) is 8.58. The monoisotopic (exact) mass is 568 g/mol. The van der Waals surface area contributed by atoms with E-state index >= 15 is 0 Å². The van der Waals surface area contributed by atoms with Crippen LogP contribution in [0.4, 0.5) is 15.8 Å². The highest BCUT2D eigenvalue weighted by molar-refractivity contribution is 6.22. The predicted octanol–water partition coefficient (Wildman–Crippen LogP) is 6.30. The Bertz CT molecular complexity index is 1650. The van der Waals surface area contributed by atoms with Gasteiger partial charge < -0.3 is 9.84 Å². The van der Waals surface area contributed by atoms with Crippen LogP contribution in [0.25, 0.3) is 11.6 Å². The Morgan fingerprint density at radius 2 is 1.86 bits per heavy atom. The van der Waals surface area contributed by atoms with Crippen molar-refractivity contribution in [2.75, 3.05) is 11.5 Å². The van der Waals surface area contributed by atoms with Gasteiger partial charge in [0.05, 0.1) is 35.2 Å². The van der Waals surface area contributed by atoms with Gasteiger partial charge in [-0.2, -0.15) is 0 Å². The van der Waals surface area contributed by atoms with Crippen molar-refractivity contribution < 1.29 is 28.7 Å². The number of phenols is 1. The van der Waals surface area contributed by atoms with Crippen LogP contribution in [0.15, 0.2) is 83.9 Å². The number of fused-ring (bicyclic) bond motifs is 3. The summed E-state index contributed by atoms with van der Waals surface area (Å²) in [5.41, 5.74) is 4.72. The number of amides is 2. The molecule has 6 rings (SSSR count). The maximum Gasteiger partial charge on any atom is 0.271 e. The number of benzene rings is 3. The molecule has 0 aromatic heterocycles. The van der Waals surface area contributed by atoms with E-state index in [1.807, 2.05) is 43.3 Å². The molecule has 2 amide bonds. The fourth-order valence-electron chi connectivity index (χ4n) is 6.68. The predicted molar refractivity (Wildman–Crippen MR) is 155 cm³/mol. The molecule has 8 nitrogen and oxygen atoms in total. The van der Waals surface area contributed by atoms with Gasteiger partial charge in [-0.05, 0) is 66.7 Å². The molecule has 3 aromatic rings. The van der Waals surface area contributed by atoms with Gasteiger partial charge in [0.25, 0.3) is 5.69 Å². The summed E-state index contributed by atoms with van der Waals surface area (Å²) in [6.45, 7) is 2.30. The molecular weight excluding hydrogens is 539 g/mol. The van der Waals surface area contributed by atoms with Gasteiger partial charge in [-0.3, -0.25) is 19.7 Å². The van der Waals surface area contributed by atoms with Crippen LogP contribution in [0.1, 0.15) is 37.3 Å². The van der Waals surface area contributed by atoms with E-state index in [-0.39, 0.29) is 35.2 Å². The molecule has 2 heterocycles. The molecule has 3 aliphatic rings. The molecule has 0 bridgehead atoms. The number of phenolic OH excluding ortho intramolecular Hbond substituents is 1. The van der Waals surface area contributed by atoms with Crippen molar-refractivity contribution in [2.24, 2.45) is 17.8 Å². The van der Waals surface area contributed by atoms with E-state index in [1.54, 1.807) is 12.1 Å². The molecular formula is C33H29FN2O6. The lowest BCUT2D eigenvalue weighted by molar-refractivity contribution is -0.384. The van der Waals surface area contributed by atoms with Gasteiger partial charge in [-0.25, -0.2) is 9.29 Å². The molecule has 1 aliphatic carbocycles. The molecule has 4 atom stereocenters. The first-order chi connectivity index (χ1) is 20.2. The number of non-ortho nitro benzene ring substituents is 1. The molecule has 0 saturated carbocycles. The van der Waals surface area contributed by atoms with Gasteiger partial charge in [0.15, 0.2) is 11.6 Å². The fraction of sp³-hybridized carbons (Fsp3) is 0.273. The molecule has 9 heteroatoms. The van der Waals surface area contributed by atoms with Crippen molar-refractivity contribution >= 4 is 34.8 Å². The fourth-order valence-corrected chi connectivity index (χ4v) is 6.68. The van der Waals surface area contributed by atoms with Crippen LogP contribution in [0.5, 0.6) is 5.75 Å². The van der Waals surface area contributed by atoms with E-state index in [4.69, 9.17) is 4.74 Å². The zero-order chi connectivity index (χ0) is 29.5. The highest BCUT2D eigenvalue weighted by Crippen LogP contribution is 2.50. The summed E-state index contributed by atoms with van der Waals surface area (Å²) in [7, 11) is 0. The minimum atomic E-state index is -0.689. The molecule has 2 aliphatic heterocycles. The van der Waals surface area contributed by atoms with Crippen LogP contribution in [-0.4, -0.2) is 34.6 Å². The average Bonchev–Trinajstić information content (AvgIpc) is 3.52. The van der Waals surface area contributed by atoms with E-state index in [2.05, 4.69) is 0 Å². The van der Waals surface area contributed by atoms with Gasteiger partial charge >= 0.3 is 0 Å². The quantitative estimate of drug-likeness (QED) is 0.118. The molecule has 1 N–H and O–H groups in total. The van der Waals surface area contributed by atoms with Gasteiger partial charge in [0.2, 0.25) is 11.8 Å². The Labute approximate surface area is 241 Å². The first-order valence-corrected chi connectivity index (χ1v) is 13.9. The second kappa shape index (κ2) is 11.0. The van der Waals surface area contributed by atoms with Crippen LogP contribution in [-0.2, 0) is 14.3 Å². The Balaban J connectivity index is 1.25. The Kier molecular flexibility index (Phi) is 7.20. The Morgan fingerprint density at radius 3 is 2.60 bits per heavy atom. The molecule has 42 heavy (non-hydrogen) atoms. The molecule has 214 valence electrons. The molecule has 0 spiro atoms. The lowest BCUT2D eigenvalue weighted by Crippen LogP contribution is -2.34. The number of allylic oxidation sites excluding steroid dienone is 2. The Hall–Kier alpha value is -4.63. The largest absolute Gasteiger partial charge is 0.505 e. The van der Waals surface area contributed by atoms with Crippen LogP contribution in [0.2, 0.25) is 0 Å². The maximum atomic E-state index is 14.1. The second-order valence-corrected chi connectivity index (χ2v) is 11.1. The molecule has 2 fully saturated rings. The Morgan fingerprint density at radius 1 is 1.07 bits per heavy atom. The highest BCUT2D eigenvalue weighted by Gasteiger charge is 2.57. The lowest BCUT2D eigenvalue weighted by Gasteiger charge is -2.30. The van der Waals surface area contributed by atoms with Gasteiger partial charge in [0.1, 0.15) is 0 Å². The van der Waals surface area contributed by atoms with E-state index in [1.165, 1.54) is 30.3 Å². The molecule has 0 unspecified atom stereocenters. The van der Waals surface area contributed by atoms with Crippen LogP contribution < -0.4 is 4.90 Å². The number of halogens is 1. The minimum Gasteiger partial charge on any atom is -0.505 e. The number of imide groups is 1. The summed E-state index contributed by atoms with van der Waals surface area (Å²) in [5.74, 6) is -3.12. The van der Waals surface area contributed by atoms with Crippen molar-refractivity contribution in [1.29, 1.82) is 0 Å². The van der Waals surface area contributed by atoms with Crippen molar-refractivity contribution in [3.8, 4) is 5.75 Å². The van der Waals surface area contributed by atoms with Gasteiger partial charge in [-0.15, -0.1) is 0 Å². The van der Waals surface area contributed by atoms with Crippen LogP contribution in [0.3, 0.4) is 0 Å². The molecule has 0 radical (unpaired) electrons. The van der Waals surface area contributed by atoms with E-state index in [9.17, 15) is 29.2 Å². The smallest absolute Gasteiger partial charge is 0.271 e. The van der Waals surface area contributed by atoms with E-state index < -0.39 is 28.3 Å². The lowest BCUT2D eigenvalue weighted by atomic mass is 9.70. The number of anilines is 1. The number of hydrogen-bond donors (Lipinski definition) is 1. The number of aromatic hydroxyl groups is 1.